The molecule has 1 aromatic heterocycles. The fraction of sp³-hybridized carbons (Fsp3) is 0.294. The maximum Gasteiger partial charge on any atom is 0.112 e. The zero-order valence-corrected chi connectivity index (χ0v) is 11.7. The summed E-state index contributed by atoms with van der Waals surface area (Å²) in [6.07, 6.45) is 2.35. The van der Waals surface area contributed by atoms with E-state index in [-0.39, 0.29) is 6.61 Å². The van der Waals surface area contributed by atoms with Gasteiger partial charge in [0.15, 0.2) is 0 Å². The van der Waals surface area contributed by atoms with E-state index in [2.05, 4.69) is 52.8 Å². The Morgan fingerprint density at radius 3 is 2.71 bits per heavy atom. The van der Waals surface area contributed by atoms with E-state index in [1.54, 1.807) is 0 Å². The van der Waals surface area contributed by atoms with Crippen molar-refractivity contribution < 1.29 is 5.11 Å². The first-order valence-electron chi connectivity index (χ1n) is 7.36. The second-order valence-electron chi connectivity index (χ2n) is 5.65. The van der Waals surface area contributed by atoms with Crippen LogP contribution in [0, 0.1) is 0 Å². The molecule has 4 nitrogen and oxygen atoms in total. The van der Waals surface area contributed by atoms with E-state index in [4.69, 9.17) is 0 Å². The van der Waals surface area contributed by atoms with E-state index >= 15 is 0 Å². The molecule has 0 unspecified atom stereocenters. The van der Waals surface area contributed by atoms with Crippen LogP contribution >= 0.6 is 0 Å². The van der Waals surface area contributed by atoms with Crippen molar-refractivity contribution in [2.75, 3.05) is 0 Å². The van der Waals surface area contributed by atoms with Crippen molar-refractivity contribution in [2.24, 2.45) is 0 Å². The van der Waals surface area contributed by atoms with Gasteiger partial charge in [-0.3, -0.25) is 0 Å². The molecule has 4 rings (SSSR count). The SMILES string of the molecule is OCc1nnn(Cc2cccc3ccccc23)c1C1CC1. The molecule has 0 bridgehead atoms. The number of benzene rings is 2. The summed E-state index contributed by atoms with van der Waals surface area (Å²) in [5, 5.41) is 20.3. The molecule has 0 spiro atoms. The highest BCUT2D eigenvalue weighted by molar-refractivity contribution is 5.85. The predicted molar refractivity (Wildman–Crippen MR) is 81.0 cm³/mol. The number of fused-ring (bicyclic) bond motifs is 1. The van der Waals surface area contributed by atoms with E-state index in [1.807, 2.05) is 4.68 Å². The molecule has 1 fully saturated rings. The van der Waals surface area contributed by atoms with Crippen LogP contribution in [-0.4, -0.2) is 20.1 Å². The van der Waals surface area contributed by atoms with Crippen LogP contribution < -0.4 is 0 Å². The standard InChI is InChI=1S/C17H17N3O/c21-11-16-17(13-8-9-13)20(19-18-16)10-14-6-3-5-12-4-1-2-7-15(12)14/h1-7,13,21H,8-11H2. The Balaban J connectivity index is 1.77. The Labute approximate surface area is 123 Å². The Hall–Kier alpha value is -2.20. The summed E-state index contributed by atoms with van der Waals surface area (Å²) < 4.78 is 1.96. The number of aliphatic hydroxyl groups is 1. The van der Waals surface area contributed by atoms with Gasteiger partial charge < -0.3 is 5.11 Å². The van der Waals surface area contributed by atoms with Crippen molar-refractivity contribution >= 4 is 10.8 Å². The number of nitrogens with zero attached hydrogens (tertiary/aromatic N) is 3. The molecule has 1 aliphatic rings. The van der Waals surface area contributed by atoms with Crippen molar-refractivity contribution in [1.82, 2.24) is 15.0 Å². The Morgan fingerprint density at radius 1 is 1.10 bits per heavy atom. The molecule has 106 valence electrons. The van der Waals surface area contributed by atoms with E-state index in [0.29, 0.717) is 12.5 Å². The molecule has 4 heteroatoms. The molecule has 0 aliphatic heterocycles. The summed E-state index contributed by atoms with van der Waals surface area (Å²) in [6, 6.07) is 14.7. The van der Waals surface area contributed by atoms with E-state index < -0.39 is 0 Å². The molecule has 1 N–H and O–H groups in total. The Bertz CT molecular complexity index is 784. The first-order chi connectivity index (χ1) is 10.4. The molecule has 1 heterocycles. The first-order valence-corrected chi connectivity index (χ1v) is 7.36. The lowest BCUT2D eigenvalue weighted by atomic mass is 10.0. The van der Waals surface area contributed by atoms with Gasteiger partial charge in [0, 0.05) is 5.92 Å². The monoisotopic (exact) mass is 279 g/mol. The number of rotatable bonds is 4. The third-order valence-corrected chi connectivity index (χ3v) is 4.16. The van der Waals surface area contributed by atoms with Gasteiger partial charge >= 0.3 is 0 Å². The second kappa shape index (κ2) is 4.97. The lowest BCUT2D eigenvalue weighted by molar-refractivity contribution is 0.275. The summed E-state index contributed by atoms with van der Waals surface area (Å²) in [5.74, 6) is 0.525. The van der Waals surface area contributed by atoms with Crippen LogP contribution in [0.25, 0.3) is 10.8 Å². The van der Waals surface area contributed by atoms with E-state index in [9.17, 15) is 5.11 Å². The summed E-state index contributed by atoms with van der Waals surface area (Å²) in [6.45, 7) is 0.682. The minimum absolute atomic E-state index is 0.0264. The topological polar surface area (TPSA) is 50.9 Å². The van der Waals surface area contributed by atoms with Crippen LogP contribution in [-0.2, 0) is 13.2 Å². The van der Waals surface area contributed by atoms with Crippen LogP contribution in [0.2, 0.25) is 0 Å². The maximum absolute atomic E-state index is 9.43. The number of hydrogen-bond donors (Lipinski definition) is 1. The van der Waals surface area contributed by atoms with E-state index in [1.165, 1.54) is 29.2 Å². The highest BCUT2D eigenvalue weighted by Crippen LogP contribution is 2.41. The normalized spacial score (nSPS) is 14.7. The molecule has 2 aromatic carbocycles. The quantitative estimate of drug-likeness (QED) is 0.799. The fourth-order valence-electron chi connectivity index (χ4n) is 2.98. The molecule has 3 aromatic rings. The number of aliphatic hydroxyl groups excluding tert-OH is 1. The smallest absolute Gasteiger partial charge is 0.112 e. The third-order valence-electron chi connectivity index (χ3n) is 4.16. The molecule has 0 amide bonds. The zero-order valence-electron chi connectivity index (χ0n) is 11.7. The minimum Gasteiger partial charge on any atom is -0.390 e. The molecule has 1 aliphatic carbocycles. The van der Waals surface area contributed by atoms with Crippen molar-refractivity contribution in [2.45, 2.75) is 31.9 Å². The summed E-state index contributed by atoms with van der Waals surface area (Å²) in [7, 11) is 0. The number of hydrogen-bond acceptors (Lipinski definition) is 3. The Morgan fingerprint density at radius 2 is 1.90 bits per heavy atom. The third kappa shape index (κ3) is 2.21. The number of aromatic nitrogens is 3. The first kappa shape index (κ1) is 12.5. The van der Waals surface area contributed by atoms with Gasteiger partial charge in [0.05, 0.1) is 18.8 Å². The van der Waals surface area contributed by atoms with Crippen LogP contribution in [0.5, 0.6) is 0 Å². The highest BCUT2D eigenvalue weighted by Gasteiger charge is 2.31. The molecule has 0 radical (unpaired) electrons. The molecule has 21 heavy (non-hydrogen) atoms. The minimum atomic E-state index is -0.0264. The molecular formula is C17H17N3O. The fourth-order valence-corrected chi connectivity index (χ4v) is 2.98. The lowest BCUT2D eigenvalue weighted by Gasteiger charge is -2.09. The van der Waals surface area contributed by atoms with E-state index in [0.717, 1.165) is 11.4 Å². The summed E-state index contributed by atoms with van der Waals surface area (Å²) in [5.41, 5.74) is 3.09. The maximum atomic E-state index is 9.43. The van der Waals surface area contributed by atoms with Crippen molar-refractivity contribution in [1.29, 1.82) is 0 Å². The average molecular weight is 279 g/mol. The molecule has 0 saturated heterocycles. The van der Waals surface area contributed by atoms with Gasteiger partial charge in [-0.05, 0) is 29.2 Å². The van der Waals surface area contributed by atoms with Gasteiger partial charge in [-0.15, -0.1) is 5.10 Å². The van der Waals surface area contributed by atoms with Gasteiger partial charge in [-0.1, -0.05) is 47.7 Å². The largest absolute Gasteiger partial charge is 0.390 e. The van der Waals surface area contributed by atoms with Crippen LogP contribution in [0.3, 0.4) is 0 Å². The average Bonchev–Trinajstić information content (AvgIpc) is 3.29. The van der Waals surface area contributed by atoms with Crippen LogP contribution in [0.4, 0.5) is 0 Å². The summed E-state index contributed by atoms with van der Waals surface area (Å²) >= 11 is 0. The van der Waals surface area contributed by atoms with Gasteiger partial charge in [0.25, 0.3) is 0 Å². The van der Waals surface area contributed by atoms with Gasteiger partial charge in [0.2, 0.25) is 0 Å². The van der Waals surface area contributed by atoms with Crippen molar-refractivity contribution in [3.63, 3.8) is 0 Å². The van der Waals surface area contributed by atoms with Gasteiger partial charge in [0.1, 0.15) is 5.69 Å². The van der Waals surface area contributed by atoms with Crippen LogP contribution in [0.1, 0.15) is 35.7 Å². The Kier molecular flexibility index (Phi) is 2.97. The lowest BCUT2D eigenvalue weighted by Crippen LogP contribution is -2.07. The highest BCUT2D eigenvalue weighted by atomic mass is 16.3. The molecule has 1 saturated carbocycles. The molecular weight excluding hydrogens is 262 g/mol. The summed E-state index contributed by atoms with van der Waals surface area (Å²) in [4.78, 5) is 0. The van der Waals surface area contributed by atoms with Crippen molar-refractivity contribution in [3.8, 4) is 0 Å². The van der Waals surface area contributed by atoms with Gasteiger partial charge in [-0.25, -0.2) is 4.68 Å². The second-order valence-corrected chi connectivity index (χ2v) is 5.65. The molecule has 0 atom stereocenters. The van der Waals surface area contributed by atoms with Crippen molar-refractivity contribution in [3.05, 3.63) is 59.4 Å². The zero-order chi connectivity index (χ0) is 14.2. The predicted octanol–water partition coefficient (Wildman–Crippen LogP) is 2.85. The van der Waals surface area contributed by atoms with Crippen LogP contribution in [0.15, 0.2) is 42.5 Å². The van der Waals surface area contributed by atoms with Gasteiger partial charge in [-0.2, -0.15) is 0 Å².